The van der Waals surface area contributed by atoms with E-state index in [0.717, 1.165) is 11.1 Å². The summed E-state index contributed by atoms with van der Waals surface area (Å²) < 4.78 is 10.1. The second-order valence-corrected chi connectivity index (χ2v) is 5.31. The van der Waals surface area contributed by atoms with Crippen LogP contribution in [-0.2, 0) is 16.1 Å². The zero-order valence-corrected chi connectivity index (χ0v) is 13.3. The van der Waals surface area contributed by atoms with E-state index in [2.05, 4.69) is 10.1 Å². The lowest BCUT2D eigenvalue weighted by Crippen LogP contribution is -2.00. The quantitative estimate of drug-likeness (QED) is 0.515. The normalized spacial score (nSPS) is 10.9. The summed E-state index contributed by atoms with van der Waals surface area (Å²) in [5, 5.41) is 4.48. The molecule has 3 aromatic rings. The van der Waals surface area contributed by atoms with E-state index >= 15 is 0 Å². The Morgan fingerprint density at radius 3 is 2.62 bits per heavy atom. The highest BCUT2D eigenvalue weighted by atomic mass is 35.5. The number of nitrogens with zero attached hydrogens (tertiary/aromatic N) is 2. The Balaban J connectivity index is 1.56. The minimum atomic E-state index is -0.481. The molecule has 2 aromatic carbocycles. The van der Waals surface area contributed by atoms with E-state index in [-0.39, 0.29) is 12.5 Å². The van der Waals surface area contributed by atoms with Gasteiger partial charge < -0.3 is 9.26 Å². The molecule has 0 bridgehead atoms. The highest BCUT2D eigenvalue weighted by Gasteiger charge is 2.10. The maximum Gasteiger partial charge on any atom is 0.331 e. The first kappa shape index (κ1) is 16.0. The van der Waals surface area contributed by atoms with E-state index in [9.17, 15) is 4.79 Å². The topological polar surface area (TPSA) is 65.2 Å². The molecule has 3 rings (SSSR count). The van der Waals surface area contributed by atoms with E-state index in [4.69, 9.17) is 20.9 Å². The maximum atomic E-state index is 11.7. The second kappa shape index (κ2) is 7.57. The first-order chi connectivity index (χ1) is 11.7. The van der Waals surface area contributed by atoms with Crippen molar-refractivity contribution >= 4 is 23.6 Å². The molecule has 0 saturated carbocycles. The predicted octanol–water partition coefficient (Wildman–Crippen LogP) is 4.15. The van der Waals surface area contributed by atoms with Crippen LogP contribution in [-0.4, -0.2) is 16.1 Å². The number of carbonyl (C=O) groups excluding carboxylic acids is 1. The van der Waals surface area contributed by atoms with Crippen molar-refractivity contribution in [1.82, 2.24) is 10.1 Å². The van der Waals surface area contributed by atoms with Gasteiger partial charge in [-0.3, -0.25) is 0 Å². The largest absolute Gasteiger partial charge is 0.452 e. The van der Waals surface area contributed by atoms with Crippen molar-refractivity contribution in [3.8, 4) is 11.4 Å². The summed E-state index contributed by atoms with van der Waals surface area (Å²) in [7, 11) is 0. The van der Waals surface area contributed by atoms with Gasteiger partial charge in [0, 0.05) is 16.7 Å². The Hall–Kier alpha value is -2.92. The van der Waals surface area contributed by atoms with Crippen molar-refractivity contribution in [1.29, 1.82) is 0 Å². The molecule has 0 N–H and O–H groups in total. The van der Waals surface area contributed by atoms with E-state index in [0.29, 0.717) is 10.8 Å². The zero-order chi connectivity index (χ0) is 16.8. The summed E-state index contributed by atoms with van der Waals surface area (Å²) in [6, 6.07) is 16.5. The van der Waals surface area contributed by atoms with Crippen LogP contribution >= 0.6 is 11.6 Å². The number of aromatic nitrogens is 2. The van der Waals surface area contributed by atoms with Crippen LogP contribution in [0, 0.1) is 0 Å². The highest BCUT2D eigenvalue weighted by Crippen LogP contribution is 2.18. The molecule has 5 nitrogen and oxygen atoms in total. The average molecular weight is 341 g/mol. The first-order valence-electron chi connectivity index (χ1n) is 7.19. The van der Waals surface area contributed by atoms with Crippen LogP contribution in [0.5, 0.6) is 0 Å². The molecule has 24 heavy (non-hydrogen) atoms. The van der Waals surface area contributed by atoms with E-state index < -0.39 is 5.97 Å². The number of carbonyl (C=O) groups is 1. The lowest BCUT2D eigenvalue weighted by atomic mass is 10.2. The van der Waals surface area contributed by atoms with Crippen LogP contribution in [0.2, 0.25) is 5.02 Å². The van der Waals surface area contributed by atoms with Crippen molar-refractivity contribution in [2.45, 2.75) is 6.61 Å². The zero-order valence-electron chi connectivity index (χ0n) is 12.6. The molecule has 0 aliphatic carbocycles. The molecule has 1 heterocycles. The van der Waals surface area contributed by atoms with Crippen molar-refractivity contribution in [3.05, 3.63) is 77.2 Å². The average Bonchev–Trinajstić information content (AvgIpc) is 3.09. The van der Waals surface area contributed by atoms with Gasteiger partial charge in [0.1, 0.15) is 0 Å². The Labute approximate surface area is 143 Å². The van der Waals surface area contributed by atoms with E-state index in [1.165, 1.54) is 6.08 Å². The number of rotatable bonds is 5. The minimum Gasteiger partial charge on any atom is -0.452 e. The molecular weight excluding hydrogens is 328 g/mol. The third-order valence-electron chi connectivity index (χ3n) is 3.12. The van der Waals surface area contributed by atoms with Crippen LogP contribution in [0.1, 0.15) is 11.5 Å². The van der Waals surface area contributed by atoms with Gasteiger partial charge in [0.05, 0.1) is 0 Å². The third-order valence-corrected chi connectivity index (χ3v) is 3.37. The molecule has 0 unspecified atom stereocenters. The van der Waals surface area contributed by atoms with Gasteiger partial charge >= 0.3 is 5.97 Å². The number of hydrogen-bond acceptors (Lipinski definition) is 5. The Morgan fingerprint density at radius 1 is 1.12 bits per heavy atom. The van der Waals surface area contributed by atoms with Gasteiger partial charge in [0.15, 0.2) is 6.61 Å². The summed E-state index contributed by atoms with van der Waals surface area (Å²) in [5.41, 5.74) is 1.68. The number of esters is 1. The molecule has 1 aromatic heterocycles. The number of hydrogen-bond donors (Lipinski definition) is 0. The van der Waals surface area contributed by atoms with Gasteiger partial charge in [-0.15, -0.1) is 0 Å². The van der Waals surface area contributed by atoms with Gasteiger partial charge in [0.2, 0.25) is 5.82 Å². The van der Waals surface area contributed by atoms with E-state index in [1.54, 1.807) is 30.3 Å². The van der Waals surface area contributed by atoms with Gasteiger partial charge in [0.25, 0.3) is 5.89 Å². The summed E-state index contributed by atoms with van der Waals surface area (Å²) in [6.45, 7) is -0.0848. The fraction of sp³-hybridized carbons (Fsp3) is 0.0556. The summed E-state index contributed by atoms with van der Waals surface area (Å²) >= 11 is 5.83. The van der Waals surface area contributed by atoms with Crippen molar-refractivity contribution in [2.75, 3.05) is 0 Å². The van der Waals surface area contributed by atoms with Gasteiger partial charge in [-0.1, -0.05) is 47.1 Å². The molecular formula is C18H13ClN2O3. The summed E-state index contributed by atoms with van der Waals surface area (Å²) in [4.78, 5) is 15.9. The molecule has 0 amide bonds. The highest BCUT2D eigenvalue weighted by molar-refractivity contribution is 6.30. The molecule has 6 heteroatoms. The summed E-state index contributed by atoms with van der Waals surface area (Å²) in [5.74, 6) is 0.157. The fourth-order valence-corrected chi connectivity index (χ4v) is 2.07. The van der Waals surface area contributed by atoms with Crippen LogP contribution in [0.3, 0.4) is 0 Å². The number of halogens is 1. The monoisotopic (exact) mass is 340 g/mol. The maximum absolute atomic E-state index is 11.7. The Bertz CT molecular complexity index is 842. The molecule has 0 aliphatic rings. The molecule has 0 radical (unpaired) electrons. The molecule has 120 valence electrons. The van der Waals surface area contributed by atoms with Crippen molar-refractivity contribution < 1.29 is 14.1 Å². The van der Waals surface area contributed by atoms with Crippen LogP contribution in [0.4, 0.5) is 0 Å². The molecule has 0 aliphatic heterocycles. The standard InChI is InChI=1S/C18H13ClN2O3/c19-15-9-7-14(8-10-15)18-20-16(24-21-18)12-23-17(22)11-6-13-4-2-1-3-5-13/h1-11H,12H2. The second-order valence-electron chi connectivity index (χ2n) is 4.87. The Morgan fingerprint density at radius 2 is 1.88 bits per heavy atom. The van der Waals surface area contributed by atoms with Crippen molar-refractivity contribution in [3.63, 3.8) is 0 Å². The smallest absolute Gasteiger partial charge is 0.331 e. The lowest BCUT2D eigenvalue weighted by molar-refractivity contribution is -0.139. The van der Waals surface area contributed by atoms with E-state index in [1.807, 2.05) is 30.3 Å². The van der Waals surface area contributed by atoms with Crippen LogP contribution in [0.25, 0.3) is 17.5 Å². The Kier molecular flexibility index (Phi) is 5.03. The lowest BCUT2D eigenvalue weighted by Gasteiger charge is -1.97. The first-order valence-corrected chi connectivity index (χ1v) is 7.57. The van der Waals surface area contributed by atoms with Crippen LogP contribution < -0.4 is 0 Å². The molecule has 0 fully saturated rings. The number of benzene rings is 2. The predicted molar refractivity (Wildman–Crippen MR) is 90.0 cm³/mol. The fourth-order valence-electron chi connectivity index (χ4n) is 1.94. The summed E-state index contributed by atoms with van der Waals surface area (Å²) in [6.07, 6.45) is 3.03. The van der Waals surface area contributed by atoms with Gasteiger partial charge in [-0.25, -0.2) is 4.79 Å². The third kappa shape index (κ3) is 4.30. The molecule has 0 spiro atoms. The SMILES string of the molecule is O=C(C=Cc1ccccc1)OCc1nc(-c2ccc(Cl)cc2)no1. The minimum absolute atomic E-state index is 0.0848. The molecule has 0 saturated heterocycles. The van der Waals surface area contributed by atoms with Gasteiger partial charge in [-0.05, 0) is 35.9 Å². The van der Waals surface area contributed by atoms with Crippen LogP contribution in [0.15, 0.2) is 65.2 Å². The van der Waals surface area contributed by atoms with Gasteiger partial charge in [-0.2, -0.15) is 4.98 Å². The molecule has 0 atom stereocenters. The van der Waals surface area contributed by atoms with Crippen molar-refractivity contribution in [2.24, 2.45) is 0 Å². The number of ether oxygens (including phenoxy) is 1.